The van der Waals surface area contributed by atoms with E-state index in [0.717, 1.165) is 0 Å². The zero-order valence-electron chi connectivity index (χ0n) is 14.4. The third-order valence-electron chi connectivity index (χ3n) is 3.45. The van der Waals surface area contributed by atoms with Crippen LogP contribution in [0.15, 0.2) is 68.1 Å². The standard InChI is InChI=1S/C17H15N3O6S/c1-20(2)19-18-13-9-5-3-7-11(13)15-16(21)12-8-4-6-10-14(12)25-17(15)26-27(22,23)24/h3-10H,1-2H3,(H,22,23,24). The van der Waals surface area contributed by atoms with Crippen molar-refractivity contribution >= 4 is 27.1 Å². The Balaban J connectivity index is 2.35. The highest BCUT2D eigenvalue weighted by molar-refractivity contribution is 7.81. The second-order valence-corrected chi connectivity index (χ2v) is 6.68. The minimum atomic E-state index is -4.93. The summed E-state index contributed by atoms with van der Waals surface area (Å²) < 4.78 is 41.6. The van der Waals surface area contributed by atoms with E-state index in [2.05, 4.69) is 14.5 Å². The van der Waals surface area contributed by atoms with E-state index < -0.39 is 21.8 Å². The molecule has 9 nitrogen and oxygen atoms in total. The zero-order chi connectivity index (χ0) is 19.6. The van der Waals surface area contributed by atoms with Crippen molar-refractivity contribution in [3.8, 4) is 17.1 Å². The largest absolute Gasteiger partial charge is 0.449 e. The highest BCUT2D eigenvalue weighted by Gasteiger charge is 2.23. The minimum absolute atomic E-state index is 0.109. The summed E-state index contributed by atoms with van der Waals surface area (Å²) in [6.45, 7) is 0. The smallest absolute Gasteiger partial charge is 0.424 e. The first-order valence-electron chi connectivity index (χ1n) is 7.67. The van der Waals surface area contributed by atoms with E-state index in [0.29, 0.717) is 0 Å². The first-order valence-corrected chi connectivity index (χ1v) is 9.04. The molecule has 1 heterocycles. The molecule has 0 amide bonds. The van der Waals surface area contributed by atoms with Crippen LogP contribution in [0.25, 0.3) is 22.1 Å². The van der Waals surface area contributed by atoms with Crippen molar-refractivity contribution < 1.29 is 21.6 Å². The summed E-state index contributed by atoms with van der Waals surface area (Å²) in [5.74, 6) is -0.659. The molecule has 0 bridgehead atoms. The van der Waals surface area contributed by atoms with E-state index in [1.54, 1.807) is 50.5 Å². The third kappa shape index (κ3) is 4.13. The van der Waals surface area contributed by atoms with Gasteiger partial charge < -0.3 is 8.60 Å². The van der Waals surface area contributed by atoms with E-state index in [9.17, 15) is 13.2 Å². The molecule has 3 rings (SSSR count). The highest BCUT2D eigenvalue weighted by atomic mass is 32.3. The molecule has 0 unspecified atom stereocenters. The lowest BCUT2D eigenvalue weighted by atomic mass is 10.0. The Labute approximate surface area is 154 Å². The summed E-state index contributed by atoms with van der Waals surface area (Å²) in [6, 6.07) is 12.7. The number of hydrogen-bond acceptors (Lipinski definition) is 7. The lowest BCUT2D eigenvalue weighted by Gasteiger charge is -2.10. The Bertz CT molecular complexity index is 1180. The van der Waals surface area contributed by atoms with Gasteiger partial charge in [-0.2, -0.15) is 8.42 Å². The van der Waals surface area contributed by atoms with Crippen LogP contribution in [0.4, 0.5) is 5.69 Å². The Morgan fingerprint density at radius 1 is 1.07 bits per heavy atom. The first kappa shape index (κ1) is 18.5. The predicted molar refractivity (Wildman–Crippen MR) is 98.3 cm³/mol. The van der Waals surface area contributed by atoms with Crippen molar-refractivity contribution in [2.75, 3.05) is 14.1 Å². The van der Waals surface area contributed by atoms with Crippen molar-refractivity contribution in [2.24, 2.45) is 10.3 Å². The average Bonchev–Trinajstić information content (AvgIpc) is 2.59. The fraction of sp³-hybridized carbons (Fsp3) is 0.118. The molecular weight excluding hydrogens is 374 g/mol. The number of para-hydroxylation sites is 1. The van der Waals surface area contributed by atoms with Crippen LogP contribution >= 0.6 is 0 Å². The fourth-order valence-corrected chi connectivity index (χ4v) is 2.73. The number of benzene rings is 2. The normalized spacial score (nSPS) is 11.8. The molecule has 0 radical (unpaired) electrons. The Morgan fingerprint density at radius 3 is 2.44 bits per heavy atom. The summed E-state index contributed by atoms with van der Waals surface area (Å²) in [7, 11) is -1.59. The van der Waals surface area contributed by atoms with Gasteiger partial charge in [-0.25, -0.2) is 0 Å². The molecule has 1 N–H and O–H groups in total. The van der Waals surface area contributed by atoms with E-state index in [1.165, 1.54) is 17.1 Å². The Morgan fingerprint density at radius 2 is 1.74 bits per heavy atom. The molecule has 0 saturated heterocycles. The van der Waals surface area contributed by atoms with Gasteiger partial charge in [0, 0.05) is 19.7 Å². The van der Waals surface area contributed by atoms with Gasteiger partial charge in [-0.1, -0.05) is 35.6 Å². The zero-order valence-corrected chi connectivity index (χ0v) is 15.2. The second kappa shape index (κ2) is 7.17. The number of rotatable bonds is 5. The van der Waals surface area contributed by atoms with Crippen molar-refractivity contribution in [2.45, 2.75) is 0 Å². The number of fused-ring (bicyclic) bond motifs is 1. The van der Waals surface area contributed by atoms with Crippen molar-refractivity contribution in [3.63, 3.8) is 0 Å². The SMILES string of the molecule is CN(C)N=Nc1ccccc1-c1c(OS(=O)(=O)O)oc2ccccc2c1=O. The van der Waals surface area contributed by atoms with Crippen LogP contribution in [-0.2, 0) is 10.4 Å². The summed E-state index contributed by atoms with van der Waals surface area (Å²) in [5, 5.41) is 9.61. The van der Waals surface area contributed by atoms with E-state index in [-0.39, 0.29) is 27.8 Å². The van der Waals surface area contributed by atoms with Gasteiger partial charge in [-0.15, -0.1) is 5.11 Å². The molecule has 27 heavy (non-hydrogen) atoms. The van der Waals surface area contributed by atoms with Gasteiger partial charge in [0.15, 0.2) is 0 Å². The molecule has 0 aliphatic rings. The predicted octanol–water partition coefficient (Wildman–Crippen LogP) is 3.20. The minimum Gasteiger partial charge on any atom is -0.424 e. The van der Waals surface area contributed by atoms with Gasteiger partial charge in [0.25, 0.3) is 0 Å². The number of nitrogens with zero attached hydrogens (tertiary/aromatic N) is 3. The van der Waals surface area contributed by atoms with Gasteiger partial charge in [-0.3, -0.25) is 14.4 Å². The molecule has 3 aromatic rings. The van der Waals surface area contributed by atoms with E-state index in [1.807, 2.05) is 0 Å². The first-order chi connectivity index (χ1) is 12.8. The van der Waals surface area contributed by atoms with Crippen molar-refractivity contribution in [3.05, 3.63) is 58.8 Å². The van der Waals surface area contributed by atoms with E-state index in [4.69, 9.17) is 8.97 Å². The van der Waals surface area contributed by atoms with Gasteiger partial charge >= 0.3 is 16.3 Å². The molecule has 0 saturated carbocycles. The maximum Gasteiger partial charge on any atom is 0.449 e. The number of hydrogen-bond donors (Lipinski definition) is 1. The average molecular weight is 389 g/mol. The van der Waals surface area contributed by atoms with Crippen molar-refractivity contribution in [1.82, 2.24) is 5.01 Å². The van der Waals surface area contributed by atoms with Crippen LogP contribution in [0, 0.1) is 0 Å². The van der Waals surface area contributed by atoms with Crippen LogP contribution < -0.4 is 9.61 Å². The molecule has 0 aliphatic heterocycles. The van der Waals surface area contributed by atoms with Gasteiger partial charge in [0.2, 0.25) is 5.43 Å². The van der Waals surface area contributed by atoms with Gasteiger partial charge in [0.05, 0.1) is 11.1 Å². The van der Waals surface area contributed by atoms with E-state index >= 15 is 0 Å². The molecule has 140 valence electrons. The van der Waals surface area contributed by atoms with Crippen LogP contribution in [-0.4, -0.2) is 32.1 Å². The topological polar surface area (TPSA) is 122 Å². The summed E-state index contributed by atoms with van der Waals surface area (Å²) in [4.78, 5) is 13.0. The highest BCUT2D eigenvalue weighted by Crippen LogP contribution is 2.36. The lowest BCUT2D eigenvalue weighted by molar-refractivity contribution is 0.338. The molecule has 2 aromatic carbocycles. The molecule has 0 aliphatic carbocycles. The maximum atomic E-state index is 13.0. The van der Waals surface area contributed by atoms with Crippen LogP contribution in [0.1, 0.15) is 0 Å². The summed E-state index contributed by atoms with van der Waals surface area (Å²) in [5.41, 5.74) is -0.102. The summed E-state index contributed by atoms with van der Waals surface area (Å²) in [6.07, 6.45) is 0. The van der Waals surface area contributed by atoms with Crippen LogP contribution in [0.3, 0.4) is 0 Å². The Hall–Kier alpha value is -3.24. The lowest BCUT2D eigenvalue weighted by Crippen LogP contribution is -2.13. The van der Waals surface area contributed by atoms with Crippen LogP contribution in [0.5, 0.6) is 5.95 Å². The van der Waals surface area contributed by atoms with Crippen molar-refractivity contribution in [1.29, 1.82) is 0 Å². The molecule has 10 heteroatoms. The molecule has 0 spiro atoms. The third-order valence-corrected chi connectivity index (χ3v) is 3.81. The van der Waals surface area contributed by atoms with Crippen LogP contribution in [0.2, 0.25) is 0 Å². The fourth-order valence-electron chi connectivity index (χ4n) is 2.42. The summed E-state index contributed by atoms with van der Waals surface area (Å²) >= 11 is 0. The molecule has 1 aromatic heterocycles. The second-order valence-electron chi connectivity index (χ2n) is 5.65. The Kier molecular flexibility index (Phi) is 4.93. The molecule has 0 fully saturated rings. The van der Waals surface area contributed by atoms with Gasteiger partial charge in [-0.05, 0) is 18.2 Å². The molecular formula is C17H15N3O6S. The van der Waals surface area contributed by atoms with Gasteiger partial charge in [0.1, 0.15) is 11.1 Å². The maximum absolute atomic E-state index is 13.0. The molecule has 0 atom stereocenters. The monoisotopic (exact) mass is 389 g/mol. The quantitative estimate of drug-likeness (QED) is 0.404.